The number of rotatable bonds is 4. The van der Waals surface area contributed by atoms with Gasteiger partial charge in [-0.1, -0.05) is 0 Å². The second-order valence-corrected chi connectivity index (χ2v) is 4.59. The van der Waals surface area contributed by atoms with Gasteiger partial charge in [-0.25, -0.2) is 4.98 Å². The normalized spacial score (nSPS) is 10.5. The summed E-state index contributed by atoms with van der Waals surface area (Å²) < 4.78 is 16.2. The van der Waals surface area contributed by atoms with Crippen molar-refractivity contribution < 1.29 is 14.2 Å². The standard InChI is InChI=1S/C16H15N3O3/c1-20-14-7-10-9-18-16(19-13(10)8-15(14)21-2)22-12-5-3-11(17)4-6-12/h3-9H,17H2,1-2H3. The van der Waals surface area contributed by atoms with E-state index in [-0.39, 0.29) is 6.01 Å². The number of anilines is 1. The van der Waals surface area contributed by atoms with Gasteiger partial charge in [0.05, 0.1) is 19.7 Å². The molecule has 1 heterocycles. The first-order valence-corrected chi connectivity index (χ1v) is 6.62. The van der Waals surface area contributed by atoms with E-state index in [4.69, 9.17) is 19.9 Å². The maximum atomic E-state index is 5.64. The summed E-state index contributed by atoms with van der Waals surface area (Å²) in [7, 11) is 3.17. The van der Waals surface area contributed by atoms with Crippen molar-refractivity contribution in [1.29, 1.82) is 0 Å². The second kappa shape index (κ2) is 5.77. The Morgan fingerprint density at radius 2 is 1.64 bits per heavy atom. The summed E-state index contributed by atoms with van der Waals surface area (Å²) in [6.45, 7) is 0. The number of benzene rings is 2. The van der Waals surface area contributed by atoms with Gasteiger partial charge in [0.2, 0.25) is 0 Å². The third-order valence-electron chi connectivity index (χ3n) is 3.15. The molecule has 0 amide bonds. The number of nitrogen functional groups attached to an aromatic ring is 1. The van der Waals surface area contributed by atoms with E-state index in [0.717, 1.165) is 5.39 Å². The minimum Gasteiger partial charge on any atom is -0.493 e. The van der Waals surface area contributed by atoms with Crippen molar-refractivity contribution in [1.82, 2.24) is 9.97 Å². The molecular formula is C16H15N3O3. The molecule has 2 aromatic carbocycles. The molecule has 1 aromatic heterocycles. The van der Waals surface area contributed by atoms with Gasteiger partial charge < -0.3 is 19.9 Å². The van der Waals surface area contributed by atoms with Crippen molar-refractivity contribution in [2.75, 3.05) is 20.0 Å². The maximum Gasteiger partial charge on any atom is 0.322 e. The molecular weight excluding hydrogens is 282 g/mol. The van der Waals surface area contributed by atoms with Crippen molar-refractivity contribution >= 4 is 16.6 Å². The Morgan fingerprint density at radius 3 is 2.32 bits per heavy atom. The van der Waals surface area contributed by atoms with Crippen LogP contribution in [0.15, 0.2) is 42.6 Å². The highest BCUT2D eigenvalue weighted by atomic mass is 16.5. The monoisotopic (exact) mass is 297 g/mol. The Hall–Kier alpha value is -3.02. The molecule has 0 bridgehead atoms. The van der Waals surface area contributed by atoms with E-state index in [1.165, 1.54) is 0 Å². The van der Waals surface area contributed by atoms with Gasteiger partial charge in [0.15, 0.2) is 11.5 Å². The molecule has 0 atom stereocenters. The van der Waals surface area contributed by atoms with Crippen LogP contribution in [-0.4, -0.2) is 24.2 Å². The molecule has 0 aliphatic rings. The number of aromatic nitrogens is 2. The van der Waals surface area contributed by atoms with Gasteiger partial charge >= 0.3 is 6.01 Å². The summed E-state index contributed by atoms with van der Waals surface area (Å²) in [6, 6.07) is 10.9. The summed E-state index contributed by atoms with van der Waals surface area (Å²) in [5, 5.41) is 0.835. The fourth-order valence-corrected chi connectivity index (χ4v) is 2.03. The molecule has 0 radical (unpaired) electrons. The molecule has 0 aliphatic carbocycles. The minimum atomic E-state index is 0.254. The predicted octanol–water partition coefficient (Wildman–Crippen LogP) is 3.02. The number of fused-ring (bicyclic) bond motifs is 1. The molecule has 0 fully saturated rings. The van der Waals surface area contributed by atoms with Crippen LogP contribution in [0.3, 0.4) is 0 Å². The largest absolute Gasteiger partial charge is 0.493 e. The number of hydrogen-bond donors (Lipinski definition) is 1. The summed E-state index contributed by atoms with van der Waals surface area (Å²) in [5.74, 6) is 1.85. The van der Waals surface area contributed by atoms with Crippen LogP contribution in [0.1, 0.15) is 0 Å². The third-order valence-corrected chi connectivity index (χ3v) is 3.15. The van der Waals surface area contributed by atoms with Gasteiger partial charge in [0, 0.05) is 23.3 Å². The lowest BCUT2D eigenvalue weighted by atomic mass is 10.2. The van der Waals surface area contributed by atoms with Gasteiger partial charge in [0.25, 0.3) is 0 Å². The highest BCUT2D eigenvalue weighted by Gasteiger charge is 2.09. The Balaban J connectivity index is 1.96. The minimum absolute atomic E-state index is 0.254. The van der Waals surface area contributed by atoms with Crippen molar-refractivity contribution in [2.45, 2.75) is 0 Å². The van der Waals surface area contributed by atoms with Crippen LogP contribution in [0.25, 0.3) is 10.9 Å². The smallest absolute Gasteiger partial charge is 0.322 e. The van der Waals surface area contributed by atoms with Crippen molar-refractivity contribution in [2.24, 2.45) is 0 Å². The summed E-state index contributed by atoms with van der Waals surface area (Å²) in [4.78, 5) is 8.57. The maximum absolute atomic E-state index is 5.64. The van der Waals surface area contributed by atoms with Gasteiger partial charge in [-0.15, -0.1) is 0 Å². The van der Waals surface area contributed by atoms with E-state index < -0.39 is 0 Å². The molecule has 6 nitrogen and oxygen atoms in total. The van der Waals surface area contributed by atoms with E-state index in [1.54, 1.807) is 50.7 Å². The summed E-state index contributed by atoms with van der Waals surface area (Å²) in [6.07, 6.45) is 1.68. The van der Waals surface area contributed by atoms with Crippen LogP contribution in [0.2, 0.25) is 0 Å². The third kappa shape index (κ3) is 2.71. The lowest BCUT2D eigenvalue weighted by molar-refractivity contribution is 0.355. The number of ether oxygens (including phenoxy) is 3. The first kappa shape index (κ1) is 13.9. The van der Waals surface area contributed by atoms with E-state index in [2.05, 4.69) is 9.97 Å². The fraction of sp³-hybridized carbons (Fsp3) is 0.125. The van der Waals surface area contributed by atoms with Gasteiger partial charge in [0.1, 0.15) is 5.75 Å². The number of nitrogens with zero attached hydrogens (tertiary/aromatic N) is 2. The molecule has 6 heteroatoms. The lowest BCUT2D eigenvalue weighted by Gasteiger charge is -2.09. The SMILES string of the molecule is COc1cc2cnc(Oc3ccc(N)cc3)nc2cc1OC. The molecule has 0 spiro atoms. The van der Waals surface area contributed by atoms with E-state index >= 15 is 0 Å². The Morgan fingerprint density at radius 1 is 0.955 bits per heavy atom. The molecule has 0 saturated carbocycles. The van der Waals surface area contributed by atoms with Gasteiger partial charge in [-0.2, -0.15) is 4.98 Å². The highest BCUT2D eigenvalue weighted by molar-refractivity contribution is 5.82. The number of hydrogen-bond acceptors (Lipinski definition) is 6. The van der Waals surface area contributed by atoms with Gasteiger partial charge in [-0.05, 0) is 30.3 Å². The highest BCUT2D eigenvalue weighted by Crippen LogP contribution is 2.32. The predicted molar refractivity (Wildman–Crippen MR) is 83.6 cm³/mol. The van der Waals surface area contributed by atoms with E-state index in [9.17, 15) is 0 Å². The molecule has 3 aromatic rings. The van der Waals surface area contributed by atoms with Crippen LogP contribution in [0.5, 0.6) is 23.3 Å². The summed E-state index contributed by atoms with van der Waals surface area (Å²) in [5.41, 5.74) is 7.02. The average Bonchev–Trinajstić information content (AvgIpc) is 2.55. The van der Waals surface area contributed by atoms with Crippen LogP contribution in [-0.2, 0) is 0 Å². The fourth-order valence-electron chi connectivity index (χ4n) is 2.03. The molecule has 3 rings (SSSR count). The Bertz CT molecular complexity index is 804. The number of methoxy groups -OCH3 is 2. The quantitative estimate of drug-likeness (QED) is 0.746. The second-order valence-electron chi connectivity index (χ2n) is 4.59. The molecule has 2 N–H and O–H groups in total. The Labute approximate surface area is 127 Å². The molecule has 0 unspecified atom stereocenters. The zero-order valence-electron chi connectivity index (χ0n) is 12.2. The van der Waals surface area contributed by atoms with Crippen molar-refractivity contribution in [3.05, 3.63) is 42.6 Å². The molecule has 0 saturated heterocycles. The van der Waals surface area contributed by atoms with Crippen molar-refractivity contribution in [3.8, 4) is 23.3 Å². The Kier molecular flexibility index (Phi) is 3.65. The van der Waals surface area contributed by atoms with Crippen LogP contribution >= 0.6 is 0 Å². The average molecular weight is 297 g/mol. The first-order valence-electron chi connectivity index (χ1n) is 6.62. The zero-order valence-corrected chi connectivity index (χ0v) is 12.2. The topological polar surface area (TPSA) is 79.5 Å². The van der Waals surface area contributed by atoms with Crippen LogP contribution in [0.4, 0.5) is 5.69 Å². The van der Waals surface area contributed by atoms with Gasteiger partial charge in [-0.3, -0.25) is 0 Å². The van der Waals surface area contributed by atoms with Crippen LogP contribution < -0.4 is 19.9 Å². The first-order chi connectivity index (χ1) is 10.7. The van der Waals surface area contributed by atoms with E-state index in [1.807, 2.05) is 6.07 Å². The van der Waals surface area contributed by atoms with E-state index in [0.29, 0.717) is 28.5 Å². The van der Waals surface area contributed by atoms with Crippen molar-refractivity contribution in [3.63, 3.8) is 0 Å². The zero-order chi connectivity index (χ0) is 15.5. The molecule has 22 heavy (non-hydrogen) atoms. The molecule has 0 aliphatic heterocycles. The lowest BCUT2D eigenvalue weighted by Crippen LogP contribution is -1.95. The molecule has 112 valence electrons. The number of nitrogens with two attached hydrogens (primary N) is 1. The summed E-state index contributed by atoms with van der Waals surface area (Å²) >= 11 is 0. The van der Waals surface area contributed by atoms with Crippen LogP contribution in [0, 0.1) is 0 Å².